The molecule has 0 unspecified atom stereocenters. The fourth-order valence-corrected chi connectivity index (χ4v) is 2.33. The fraction of sp³-hybridized carbons (Fsp3) is 0.357. The molecule has 1 aliphatic rings. The molecule has 0 aliphatic heterocycles. The molecular weight excluding hydrogens is 245 g/mol. The number of hydrogen-bond donors (Lipinski definition) is 0. The van der Waals surface area contributed by atoms with Crippen LogP contribution in [0, 0.1) is 11.2 Å². The molecule has 1 aliphatic carbocycles. The van der Waals surface area contributed by atoms with E-state index in [1.54, 1.807) is 23.1 Å². The van der Waals surface area contributed by atoms with Gasteiger partial charge in [-0.2, -0.15) is 5.10 Å². The summed E-state index contributed by atoms with van der Waals surface area (Å²) in [4.78, 5) is 16.1. The molecule has 2 aromatic rings. The molecule has 0 N–H and O–H groups in total. The smallest absolute Gasteiger partial charge is 0.160 e. The Kier molecular flexibility index (Phi) is 2.89. The Morgan fingerprint density at radius 3 is 2.63 bits per heavy atom. The van der Waals surface area contributed by atoms with E-state index in [2.05, 4.69) is 10.1 Å². The van der Waals surface area contributed by atoms with Gasteiger partial charge in [-0.25, -0.2) is 14.1 Å². The van der Waals surface area contributed by atoms with Crippen LogP contribution in [0.3, 0.4) is 0 Å². The van der Waals surface area contributed by atoms with Gasteiger partial charge in [0.15, 0.2) is 5.78 Å². The predicted octanol–water partition coefficient (Wildman–Crippen LogP) is 2.01. The largest absolute Gasteiger partial charge is 0.297 e. The van der Waals surface area contributed by atoms with Crippen LogP contribution in [0.1, 0.15) is 18.4 Å². The Morgan fingerprint density at radius 1 is 1.32 bits per heavy atom. The first-order chi connectivity index (χ1) is 9.18. The lowest BCUT2D eigenvalue weighted by Gasteiger charge is -2.13. The lowest BCUT2D eigenvalue weighted by molar-refractivity contribution is -0.124. The van der Waals surface area contributed by atoms with Crippen LogP contribution in [0.15, 0.2) is 36.9 Å². The summed E-state index contributed by atoms with van der Waals surface area (Å²) in [7, 11) is 0. The summed E-state index contributed by atoms with van der Waals surface area (Å²) in [6, 6.07) is 6.37. The molecule has 1 heterocycles. The average Bonchev–Trinajstić information content (AvgIpc) is 3.01. The van der Waals surface area contributed by atoms with Gasteiger partial charge in [-0.3, -0.25) is 4.79 Å². The molecule has 0 radical (unpaired) electrons. The van der Waals surface area contributed by atoms with Crippen LogP contribution in [-0.2, 0) is 17.8 Å². The van der Waals surface area contributed by atoms with Gasteiger partial charge in [0, 0.05) is 5.41 Å². The zero-order chi connectivity index (χ0) is 13.3. The Bertz CT molecular complexity index is 573. The minimum atomic E-state index is -0.274. The zero-order valence-corrected chi connectivity index (χ0v) is 10.4. The predicted molar refractivity (Wildman–Crippen MR) is 66.8 cm³/mol. The Labute approximate surface area is 110 Å². The van der Waals surface area contributed by atoms with Gasteiger partial charge < -0.3 is 0 Å². The van der Waals surface area contributed by atoms with Gasteiger partial charge in [0.05, 0.1) is 0 Å². The van der Waals surface area contributed by atoms with Crippen molar-refractivity contribution in [2.45, 2.75) is 25.8 Å². The van der Waals surface area contributed by atoms with Gasteiger partial charge in [-0.15, -0.1) is 0 Å². The van der Waals surface area contributed by atoms with E-state index in [9.17, 15) is 9.18 Å². The maximum absolute atomic E-state index is 12.9. The second kappa shape index (κ2) is 4.57. The molecule has 0 amide bonds. The van der Waals surface area contributed by atoms with Crippen LogP contribution in [0.5, 0.6) is 0 Å². The van der Waals surface area contributed by atoms with Crippen molar-refractivity contribution >= 4 is 5.78 Å². The summed E-state index contributed by atoms with van der Waals surface area (Å²) >= 11 is 0. The van der Waals surface area contributed by atoms with Crippen LogP contribution in [0.25, 0.3) is 0 Å². The van der Waals surface area contributed by atoms with Gasteiger partial charge in [-0.1, -0.05) is 12.1 Å². The topological polar surface area (TPSA) is 47.8 Å². The van der Waals surface area contributed by atoms with Crippen molar-refractivity contribution in [1.29, 1.82) is 0 Å². The summed E-state index contributed by atoms with van der Waals surface area (Å²) in [5.74, 6) is -0.0649. The quantitative estimate of drug-likeness (QED) is 0.825. The number of carbonyl (C=O) groups excluding carboxylic acids is 1. The molecule has 0 bridgehead atoms. The third-order valence-corrected chi connectivity index (χ3v) is 3.67. The first-order valence-corrected chi connectivity index (χ1v) is 6.28. The summed E-state index contributed by atoms with van der Waals surface area (Å²) < 4.78 is 14.4. The third kappa shape index (κ3) is 2.54. The van der Waals surface area contributed by atoms with E-state index in [0.29, 0.717) is 6.42 Å². The number of aromatic nitrogens is 3. The molecule has 0 saturated heterocycles. The Hall–Kier alpha value is -2.04. The highest BCUT2D eigenvalue weighted by molar-refractivity contribution is 5.87. The van der Waals surface area contributed by atoms with Crippen molar-refractivity contribution in [3.05, 3.63) is 48.3 Å². The second-order valence-corrected chi connectivity index (χ2v) is 5.10. The lowest BCUT2D eigenvalue weighted by Crippen LogP contribution is -2.23. The molecule has 1 aromatic heterocycles. The number of benzene rings is 1. The van der Waals surface area contributed by atoms with E-state index in [1.807, 2.05) is 0 Å². The summed E-state index contributed by atoms with van der Waals surface area (Å²) in [5.41, 5.74) is 0.731. The first kappa shape index (κ1) is 12.0. The van der Waals surface area contributed by atoms with E-state index in [4.69, 9.17) is 0 Å². The lowest BCUT2D eigenvalue weighted by atomic mass is 9.92. The maximum Gasteiger partial charge on any atom is 0.160 e. The highest BCUT2D eigenvalue weighted by atomic mass is 19.1. The molecule has 19 heavy (non-hydrogen) atoms. The third-order valence-electron chi connectivity index (χ3n) is 3.67. The van der Waals surface area contributed by atoms with Crippen LogP contribution in [0.4, 0.5) is 4.39 Å². The first-order valence-electron chi connectivity index (χ1n) is 6.28. The normalized spacial score (nSPS) is 16.3. The fourth-order valence-electron chi connectivity index (χ4n) is 2.33. The van der Waals surface area contributed by atoms with Crippen molar-refractivity contribution in [3.8, 4) is 0 Å². The summed E-state index contributed by atoms with van der Waals surface area (Å²) in [6.07, 6.45) is 5.45. The van der Waals surface area contributed by atoms with Gasteiger partial charge in [-0.05, 0) is 37.0 Å². The maximum atomic E-state index is 12.9. The van der Waals surface area contributed by atoms with Gasteiger partial charge in [0.1, 0.15) is 25.0 Å². The van der Waals surface area contributed by atoms with Crippen LogP contribution < -0.4 is 0 Å². The molecular formula is C14H14FN3O. The second-order valence-electron chi connectivity index (χ2n) is 5.10. The number of Topliss-reactive ketones (excluding diaryl/α,β-unsaturated/α-hetero) is 1. The van der Waals surface area contributed by atoms with Crippen LogP contribution in [0.2, 0.25) is 0 Å². The van der Waals surface area contributed by atoms with E-state index in [-0.39, 0.29) is 23.6 Å². The summed E-state index contributed by atoms with van der Waals surface area (Å²) in [5, 5.41) is 3.95. The van der Waals surface area contributed by atoms with E-state index >= 15 is 0 Å². The molecule has 4 nitrogen and oxygen atoms in total. The molecule has 1 fully saturated rings. The number of ketones is 1. The standard InChI is InChI=1S/C14H14FN3O/c15-12-3-1-11(2-4-12)7-14(5-6-14)13(19)8-18-10-16-9-17-18/h1-4,9-10H,5-8H2. The monoisotopic (exact) mass is 259 g/mol. The summed E-state index contributed by atoms with van der Waals surface area (Å²) in [6.45, 7) is 0.265. The van der Waals surface area contributed by atoms with Crippen molar-refractivity contribution in [2.75, 3.05) is 0 Å². The van der Waals surface area contributed by atoms with Crippen molar-refractivity contribution in [3.63, 3.8) is 0 Å². The van der Waals surface area contributed by atoms with Crippen molar-refractivity contribution < 1.29 is 9.18 Å². The zero-order valence-electron chi connectivity index (χ0n) is 10.4. The number of carbonyl (C=O) groups is 1. The van der Waals surface area contributed by atoms with Crippen molar-refractivity contribution in [1.82, 2.24) is 14.8 Å². The highest BCUT2D eigenvalue weighted by Crippen LogP contribution is 2.49. The van der Waals surface area contributed by atoms with E-state index in [0.717, 1.165) is 18.4 Å². The van der Waals surface area contributed by atoms with Crippen LogP contribution >= 0.6 is 0 Å². The van der Waals surface area contributed by atoms with Gasteiger partial charge in [0.25, 0.3) is 0 Å². The molecule has 1 aromatic carbocycles. The van der Waals surface area contributed by atoms with Crippen molar-refractivity contribution in [2.24, 2.45) is 5.41 Å². The molecule has 5 heteroatoms. The average molecular weight is 259 g/mol. The SMILES string of the molecule is O=C(Cn1cncn1)C1(Cc2ccc(F)cc2)CC1. The Morgan fingerprint density at radius 2 is 2.05 bits per heavy atom. The number of rotatable bonds is 5. The molecule has 3 rings (SSSR count). The number of halogens is 1. The van der Waals surface area contributed by atoms with Gasteiger partial charge >= 0.3 is 0 Å². The molecule has 0 atom stereocenters. The minimum absolute atomic E-state index is 0.183. The van der Waals surface area contributed by atoms with Gasteiger partial charge in [0.2, 0.25) is 0 Å². The highest BCUT2D eigenvalue weighted by Gasteiger charge is 2.48. The number of hydrogen-bond acceptors (Lipinski definition) is 3. The van der Waals surface area contributed by atoms with Crippen LogP contribution in [-0.4, -0.2) is 20.5 Å². The van der Waals surface area contributed by atoms with E-state index < -0.39 is 0 Å². The number of nitrogens with zero attached hydrogens (tertiary/aromatic N) is 3. The van der Waals surface area contributed by atoms with E-state index in [1.165, 1.54) is 18.5 Å². The molecule has 0 spiro atoms. The minimum Gasteiger partial charge on any atom is -0.297 e. The molecule has 98 valence electrons. The Balaban J connectivity index is 1.69. The molecule has 1 saturated carbocycles.